The van der Waals surface area contributed by atoms with Gasteiger partial charge in [-0.3, -0.25) is 4.90 Å². The van der Waals surface area contributed by atoms with Crippen LogP contribution in [0, 0.1) is 0 Å². The fourth-order valence-corrected chi connectivity index (χ4v) is 8.46. The number of para-hydroxylation sites is 4. The number of hydrogen-bond acceptors (Lipinski definition) is 3. The highest BCUT2D eigenvalue weighted by Gasteiger charge is 2.40. The number of hydrogen-bond donors (Lipinski definition) is 0. The molecule has 1 unspecified atom stereocenters. The Morgan fingerprint density at radius 1 is 0.642 bits per heavy atom. The van der Waals surface area contributed by atoms with Crippen molar-refractivity contribution in [3.05, 3.63) is 180 Å². The van der Waals surface area contributed by atoms with Crippen molar-refractivity contribution >= 4 is 50.0 Å². The van der Waals surface area contributed by atoms with Crippen molar-refractivity contribution in [2.24, 2.45) is 7.05 Å². The maximum Gasteiger partial charge on any atom is 0.150 e. The molecule has 1 aliphatic heterocycles. The molecule has 9 aromatic rings. The number of rotatable bonds is 5. The van der Waals surface area contributed by atoms with Crippen LogP contribution in [-0.2, 0) is 12.5 Å². The van der Waals surface area contributed by atoms with Crippen molar-refractivity contribution in [3.63, 3.8) is 0 Å². The Bertz CT molecular complexity index is 2850. The number of pyridine rings is 1. The van der Waals surface area contributed by atoms with E-state index in [0.717, 1.165) is 67.3 Å². The van der Waals surface area contributed by atoms with E-state index in [1.54, 1.807) is 0 Å². The average molecular weight is 690 g/mol. The molecule has 4 heterocycles. The van der Waals surface area contributed by atoms with Crippen LogP contribution >= 0.6 is 0 Å². The van der Waals surface area contributed by atoms with Gasteiger partial charge < -0.3 is 9.13 Å². The summed E-state index contributed by atoms with van der Waals surface area (Å²) in [6.07, 6.45) is 0.465. The monoisotopic (exact) mass is 689 g/mol. The number of aromatic nitrogens is 4. The molecule has 1 aliphatic rings. The molecule has 1 atom stereocenters. The predicted octanol–water partition coefficient (Wildman–Crippen LogP) is 11.9. The number of anilines is 3. The lowest BCUT2D eigenvalue weighted by Crippen LogP contribution is -2.31. The molecule has 5 nitrogen and oxygen atoms in total. The third kappa shape index (κ3) is 4.68. The van der Waals surface area contributed by atoms with Crippen LogP contribution in [0.25, 0.3) is 49.9 Å². The van der Waals surface area contributed by atoms with Gasteiger partial charge in [-0.05, 0) is 76.9 Å². The second-order valence-electron chi connectivity index (χ2n) is 14.4. The molecule has 53 heavy (non-hydrogen) atoms. The normalized spacial score (nSPS) is 14.1. The maximum atomic E-state index is 17.1. The van der Waals surface area contributed by atoms with Gasteiger partial charge in [-0.15, -0.1) is 0 Å². The molecule has 0 fully saturated rings. The third-order valence-corrected chi connectivity index (χ3v) is 11.1. The number of alkyl halides is 1. The summed E-state index contributed by atoms with van der Waals surface area (Å²) < 4.78 is 21.5. The Morgan fingerprint density at radius 2 is 1.38 bits per heavy atom. The lowest BCUT2D eigenvalue weighted by Gasteiger charge is -2.42. The standard InChI is InChI=1S/C47H36FN5/c1-47(2)36-25-23-31(43(48)30-14-13-15-32(28-30)46-50-38-19-8-10-21-40(38)51(46)3)29-41(36)53(42-22-11-12-27-49-42)45-37(47)26-24-35-34-18-7-9-20-39(34)52(44(35)45)33-16-5-4-6-17-33/h4-29,43H,1-3H3. The van der Waals surface area contributed by atoms with Gasteiger partial charge in [-0.2, -0.15) is 0 Å². The zero-order valence-electron chi connectivity index (χ0n) is 29.7. The van der Waals surface area contributed by atoms with Crippen molar-refractivity contribution in [3.8, 4) is 17.1 Å². The quantitative estimate of drug-likeness (QED) is 0.181. The Kier molecular flexibility index (Phi) is 6.92. The van der Waals surface area contributed by atoms with Crippen molar-refractivity contribution in [2.75, 3.05) is 4.90 Å². The largest absolute Gasteiger partial charge is 0.327 e. The van der Waals surface area contributed by atoms with Crippen LogP contribution < -0.4 is 4.90 Å². The van der Waals surface area contributed by atoms with E-state index >= 15 is 4.39 Å². The SMILES string of the molecule is Cn1c(-c2cccc(C(F)c3ccc4c(c3)N(c3ccccn3)c3c(ccc5c6ccccc6n(-c6ccccc6)c35)C4(C)C)c2)nc2ccccc21. The number of imidazole rings is 1. The van der Waals surface area contributed by atoms with Gasteiger partial charge in [0.05, 0.1) is 33.4 Å². The number of nitrogens with zero attached hydrogens (tertiary/aromatic N) is 5. The Hall–Kier alpha value is -6.53. The first-order valence-electron chi connectivity index (χ1n) is 18.0. The lowest BCUT2D eigenvalue weighted by molar-refractivity contribution is 0.402. The molecular weight excluding hydrogens is 654 g/mol. The van der Waals surface area contributed by atoms with Crippen molar-refractivity contribution in [1.29, 1.82) is 0 Å². The zero-order valence-corrected chi connectivity index (χ0v) is 29.7. The molecule has 10 rings (SSSR count). The molecule has 0 saturated heterocycles. The topological polar surface area (TPSA) is 38.9 Å². The fraction of sp³-hybridized carbons (Fsp3) is 0.106. The molecule has 6 aromatic carbocycles. The first-order chi connectivity index (χ1) is 25.9. The number of halogens is 1. The van der Waals surface area contributed by atoms with Gasteiger partial charge in [0.1, 0.15) is 11.6 Å². The van der Waals surface area contributed by atoms with Crippen LogP contribution in [-0.4, -0.2) is 19.1 Å². The molecule has 6 heteroatoms. The predicted molar refractivity (Wildman–Crippen MR) is 214 cm³/mol. The molecule has 0 aliphatic carbocycles. The average Bonchev–Trinajstić information content (AvgIpc) is 3.73. The summed E-state index contributed by atoms with van der Waals surface area (Å²) in [5.41, 5.74) is 11.2. The van der Waals surface area contributed by atoms with E-state index in [0.29, 0.717) is 11.1 Å². The summed E-state index contributed by atoms with van der Waals surface area (Å²) in [6, 6.07) is 51.6. The molecule has 0 bridgehead atoms. The fourth-order valence-electron chi connectivity index (χ4n) is 8.46. The van der Waals surface area contributed by atoms with Crippen LogP contribution in [0.4, 0.5) is 21.6 Å². The van der Waals surface area contributed by atoms with Gasteiger partial charge in [0.15, 0.2) is 6.17 Å². The molecule has 0 N–H and O–H groups in total. The van der Waals surface area contributed by atoms with Crippen LogP contribution in [0.15, 0.2) is 158 Å². The van der Waals surface area contributed by atoms with E-state index in [1.165, 1.54) is 10.9 Å². The molecule has 256 valence electrons. The minimum absolute atomic E-state index is 0.396. The maximum absolute atomic E-state index is 17.1. The summed E-state index contributed by atoms with van der Waals surface area (Å²) in [7, 11) is 2.01. The first kappa shape index (κ1) is 31.2. The van der Waals surface area contributed by atoms with E-state index in [-0.39, 0.29) is 0 Å². The van der Waals surface area contributed by atoms with Gasteiger partial charge >= 0.3 is 0 Å². The molecule has 0 spiro atoms. The minimum Gasteiger partial charge on any atom is -0.327 e. The highest BCUT2D eigenvalue weighted by Crippen LogP contribution is 2.55. The minimum atomic E-state index is -1.36. The molecular formula is C47H36FN5. The third-order valence-electron chi connectivity index (χ3n) is 11.1. The Morgan fingerprint density at radius 3 is 2.19 bits per heavy atom. The Balaban J connectivity index is 1.19. The van der Waals surface area contributed by atoms with Crippen LogP contribution in [0.5, 0.6) is 0 Å². The summed E-state index contributed by atoms with van der Waals surface area (Å²) in [5.74, 6) is 1.59. The van der Waals surface area contributed by atoms with Gasteiger partial charge in [0, 0.05) is 40.7 Å². The highest BCUT2D eigenvalue weighted by atomic mass is 19.1. The number of aryl methyl sites for hydroxylation is 1. The summed E-state index contributed by atoms with van der Waals surface area (Å²) >= 11 is 0. The van der Waals surface area contributed by atoms with Crippen molar-refractivity contribution in [1.82, 2.24) is 19.1 Å². The zero-order chi connectivity index (χ0) is 35.8. The Labute approximate surface area is 307 Å². The smallest absolute Gasteiger partial charge is 0.150 e. The molecule has 3 aromatic heterocycles. The van der Waals surface area contributed by atoms with Crippen LogP contribution in [0.3, 0.4) is 0 Å². The summed E-state index contributed by atoms with van der Waals surface area (Å²) in [6.45, 7) is 4.55. The second-order valence-corrected chi connectivity index (χ2v) is 14.4. The van der Waals surface area contributed by atoms with E-state index in [4.69, 9.17) is 9.97 Å². The van der Waals surface area contributed by atoms with Gasteiger partial charge in [-0.25, -0.2) is 14.4 Å². The van der Waals surface area contributed by atoms with E-state index in [9.17, 15) is 0 Å². The molecule has 0 radical (unpaired) electrons. The van der Waals surface area contributed by atoms with Crippen LogP contribution in [0.1, 0.15) is 42.3 Å². The molecule has 0 amide bonds. The van der Waals surface area contributed by atoms with E-state index in [2.05, 4.69) is 107 Å². The lowest BCUT2D eigenvalue weighted by atomic mass is 9.72. The van der Waals surface area contributed by atoms with Crippen LogP contribution in [0.2, 0.25) is 0 Å². The highest BCUT2D eigenvalue weighted by molar-refractivity contribution is 6.15. The van der Waals surface area contributed by atoms with Gasteiger partial charge in [0.2, 0.25) is 0 Å². The number of fused-ring (bicyclic) bond motifs is 7. The second kappa shape index (κ2) is 11.8. The van der Waals surface area contributed by atoms with Gasteiger partial charge in [0.25, 0.3) is 0 Å². The summed E-state index contributed by atoms with van der Waals surface area (Å²) in [4.78, 5) is 12.1. The van der Waals surface area contributed by atoms with E-state index in [1.807, 2.05) is 86.0 Å². The summed E-state index contributed by atoms with van der Waals surface area (Å²) in [5, 5.41) is 2.33. The number of benzene rings is 6. The first-order valence-corrected chi connectivity index (χ1v) is 18.0. The van der Waals surface area contributed by atoms with Crippen molar-refractivity contribution < 1.29 is 4.39 Å². The van der Waals surface area contributed by atoms with E-state index < -0.39 is 11.6 Å². The van der Waals surface area contributed by atoms with Crippen molar-refractivity contribution in [2.45, 2.75) is 25.4 Å². The van der Waals surface area contributed by atoms with Gasteiger partial charge in [-0.1, -0.05) is 111 Å². The molecule has 0 saturated carbocycles.